The molecule has 5 heteroatoms. The molecule has 0 saturated carbocycles. The SMILES string of the molecule is CCCc1ccc(-c2csc(NC(=O)COc3ccc4c(c3)CCC4)n2)cc1. The minimum Gasteiger partial charge on any atom is -0.484 e. The van der Waals surface area contributed by atoms with E-state index in [0.717, 1.165) is 42.7 Å². The third-order valence-electron chi connectivity index (χ3n) is 4.98. The van der Waals surface area contributed by atoms with Crippen molar-refractivity contribution in [2.24, 2.45) is 0 Å². The Morgan fingerprint density at radius 3 is 2.79 bits per heavy atom. The second-order valence-electron chi connectivity index (χ2n) is 7.11. The van der Waals surface area contributed by atoms with Crippen LogP contribution in [0.3, 0.4) is 0 Å². The third-order valence-corrected chi connectivity index (χ3v) is 5.74. The Hall–Kier alpha value is -2.66. The number of anilines is 1. The summed E-state index contributed by atoms with van der Waals surface area (Å²) in [6, 6.07) is 14.6. The van der Waals surface area contributed by atoms with E-state index in [1.165, 1.54) is 34.4 Å². The van der Waals surface area contributed by atoms with Crippen molar-refractivity contribution in [2.75, 3.05) is 11.9 Å². The zero-order valence-corrected chi connectivity index (χ0v) is 16.8. The number of nitrogens with one attached hydrogen (secondary N) is 1. The number of hydrogen-bond donors (Lipinski definition) is 1. The molecule has 0 radical (unpaired) electrons. The Morgan fingerprint density at radius 2 is 1.96 bits per heavy atom. The van der Waals surface area contributed by atoms with Crippen LogP contribution in [0.15, 0.2) is 47.8 Å². The van der Waals surface area contributed by atoms with E-state index < -0.39 is 0 Å². The van der Waals surface area contributed by atoms with Crippen LogP contribution in [-0.4, -0.2) is 17.5 Å². The third kappa shape index (κ3) is 4.42. The molecule has 0 spiro atoms. The van der Waals surface area contributed by atoms with Crippen molar-refractivity contribution in [3.8, 4) is 17.0 Å². The number of amides is 1. The normalized spacial score (nSPS) is 12.6. The summed E-state index contributed by atoms with van der Waals surface area (Å²) in [5.41, 5.74) is 6.01. The highest BCUT2D eigenvalue weighted by Crippen LogP contribution is 2.27. The van der Waals surface area contributed by atoms with Gasteiger partial charge in [0, 0.05) is 10.9 Å². The number of aryl methyl sites for hydroxylation is 3. The van der Waals surface area contributed by atoms with Gasteiger partial charge in [-0.3, -0.25) is 10.1 Å². The largest absolute Gasteiger partial charge is 0.484 e. The highest BCUT2D eigenvalue weighted by Gasteiger charge is 2.13. The van der Waals surface area contributed by atoms with Gasteiger partial charge in [0.2, 0.25) is 0 Å². The fourth-order valence-electron chi connectivity index (χ4n) is 3.54. The Labute approximate surface area is 169 Å². The van der Waals surface area contributed by atoms with Gasteiger partial charge >= 0.3 is 0 Å². The lowest BCUT2D eigenvalue weighted by Gasteiger charge is -2.07. The van der Waals surface area contributed by atoms with Gasteiger partial charge in [-0.15, -0.1) is 11.3 Å². The van der Waals surface area contributed by atoms with Crippen LogP contribution in [0.5, 0.6) is 5.75 Å². The number of carbonyl (C=O) groups is 1. The molecule has 0 atom stereocenters. The average molecular weight is 393 g/mol. The molecule has 0 aliphatic heterocycles. The Morgan fingerprint density at radius 1 is 1.14 bits per heavy atom. The molecule has 3 aromatic rings. The molecular weight excluding hydrogens is 368 g/mol. The van der Waals surface area contributed by atoms with Crippen molar-refractivity contribution in [3.63, 3.8) is 0 Å². The highest BCUT2D eigenvalue weighted by atomic mass is 32.1. The van der Waals surface area contributed by atoms with E-state index in [9.17, 15) is 4.79 Å². The molecule has 1 aliphatic rings. The average Bonchev–Trinajstić information content (AvgIpc) is 3.36. The number of benzene rings is 2. The van der Waals surface area contributed by atoms with Crippen molar-refractivity contribution in [1.82, 2.24) is 4.98 Å². The Bertz CT molecular complexity index is 963. The summed E-state index contributed by atoms with van der Waals surface area (Å²) < 4.78 is 5.66. The summed E-state index contributed by atoms with van der Waals surface area (Å²) in [6.45, 7) is 2.16. The number of aromatic nitrogens is 1. The molecule has 2 aromatic carbocycles. The van der Waals surface area contributed by atoms with Gasteiger partial charge in [-0.2, -0.15) is 0 Å². The zero-order chi connectivity index (χ0) is 19.3. The highest BCUT2D eigenvalue weighted by molar-refractivity contribution is 7.14. The lowest BCUT2D eigenvalue weighted by atomic mass is 10.1. The lowest BCUT2D eigenvalue weighted by Crippen LogP contribution is -2.20. The van der Waals surface area contributed by atoms with E-state index in [0.29, 0.717) is 5.13 Å². The monoisotopic (exact) mass is 392 g/mol. The van der Waals surface area contributed by atoms with Gasteiger partial charge in [-0.25, -0.2) is 4.98 Å². The maximum absolute atomic E-state index is 12.2. The summed E-state index contributed by atoms with van der Waals surface area (Å²) in [5, 5.41) is 5.39. The molecule has 0 unspecified atom stereocenters. The fourth-order valence-corrected chi connectivity index (χ4v) is 4.27. The summed E-state index contributed by atoms with van der Waals surface area (Å²) in [4.78, 5) is 16.7. The predicted octanol–water partition coefficient (Wildman–Crippen LogP) is 5.27. The molecular formula is C23H24N2O2S. The molecule has 0 saturated heterocycles. The Kier molecular flexibility index (Phi) is 5.72. The topological polar surface area (TPSA) is 51.2 Å². The minimum atomic E-state index is -0.195. The number of ether oxygens (including phenoxy) is 1. The molecule has 1 aliphatic carbocycles. The molecule has 0 bridgehead atoms. The first-order chi connectivity index (χ1) is 13.7. The molecule has 28 heavy (non-hydrogen) atoms. The number of rotatable bonds is 7. The van der Waals surface area contributed by atoms with Crippen LogP contribution in [0.25, 0.3) is 11.3 Å². The van der Waals surface area contributed by atoms with Crippen LogP contribution < -0.4 is 10.1 Å². The molecule has 1 amide bonds. The van der Waals surface area contributed by atoms with E-state index in [-0.39, 0.29) is 12.5 Å². The molecule has 1 aromatic heterocycles. The zero-order valence-electron chi connectivity index (χ0n) is 16.0. The summed E-state index contributed by atoms with van der Waals surface area (Å²) in [6.07, 6.45) is 5.67. The van der Waals surface area contributed by atoms with Gasteiger partial charge in [-0.05, 0) is 54.5 Å². The second-order valence-corrected chi connectivity index (χ2v) is 7.96. The van der Waals surface area contributed by atoms with Gasteiger partial charge < -0.3 is 4.74 Å². The predicted molar refractivity (Wildman–Crippen MR) is 114 cm³/mol. The number of carbonyl (C=O) groups excluding carboxylic acids is 1. The molecule has 4 rings (SSSR count). The summed E-state index contributed by atoms with van der Waals surface area (Å²) in [7, 11) is 0. The van der Waals surface area contributed by atoms with Crippen LogP contribution in [0.4, 0.5) is 5.13 Å². The molecule has 1 heterocycles. The van der Waals surface area contributed by atoms with E-state index >= 15 is 0 Å². The van der Waals surface area contributed by atoms with Crippen molar-refractivity contribution < 1.29 is 9.53 Å². The molecule has 0 fully saturated rings. The number of nitrogens with zero attached hydrogens (tertiary/aromatic N) is 1. The first kappa shape index (κ1) is 18.7. The van der Waals surface area contributed by atoms with Crippen LogP contribution in [0.1, 0.15) is 36.5 Å². The van der Waals surface area contributed by atoms with Crippen LogP contribution in [0, 0.1) is 0 Å². The van der Waals surface area contributed by atoms with E-state index in [4.69, 9.17) is 4.74 Å². The maximum Gasteiger partial charge on any atom is 0.264 e. The van der Waals surface area contributed by atoms with Crippen molar-refractivity contribution in [1.29, 1.82) is 0 Å². The van der Waals surface area contributed by atoms with Gasteiger partial charge in [-0.1, -0.05) is 43.7 Å². The number of hydrogen-bond acceptors (Lipinski definition) is 4. The van der Waals surface area contributed by atoms with Crippen molar-refractivity contribution in [3.05, 3.63) is 64.5 Å². The van der Waals surface area contributed by atoms with Gasteiger partial charge in [0.15, 0.2) is 11.7 Å². The minimum absolute atomic E-state index is 0.0145. The first-order valence-electron chi connectivity index (χ1n) is 9.80. The Balaban J connectivity index is 1.32. The van der Waals surface area contributed by atoms with Crippen LogP contribution in [-0.2, 0) is 24.1 Å². The van der Waals surface area contributed by atoms with Crippen LogP contribution in [0.2, 0.25) is 0 Å². The maximum atomic E-state index is 12.2. The standard InChI is InChI=1S/C23H24N2O2S/c1-2-4-16-7-9-18(10-8-16)21-15-28-23(24-21)25-22(26)14-27-20-12-11-17-5-3-6-19(17)13-20/h7-13,15H,2-6,14H2,1H3,(H,24,25,26). The van der Waals surface area contributed by atoms with Gasteiger partial charge in [0.05, 0.1) is 5.69 Å². The van der Waals surface area contributed by atoms with Gasteiger partial charge in [0.1, 0.15) is 5.75 Å². The number of fused-ring (bicyclic) bond motifs is 1. The van der Waals surface area contributed by atoms with E-state index in [1.54, 1.807) is 0 Å². The van der Waals surface area contributed by atoms with E-state index in [2.05, 4.69) is 53.6 Å². The fraction of sp³-hybridized carbons (Fsp3) is 0.304. The van der Waals surface area contributed by atoms with E-state index in [1.807, 2.05) is 11.4 Å². The summed E-state index contributed by atoms with van der Waals surface area (Å²) >= 11 is 1.43. The lowest BCUT2D eigenvalue weighted by molar-refractivity contribution is -0.118. The van der Waals surface area contributed by atoms with Crippen LogP contribution >= 0.6 is 11.3 Å². The second kappa shape index (κ2) is 8.57. The van der Waals surface area contributed by atoms with Crippen molar-refractivity contribution >= 4 is 22.4 Å². The molecule has 4 nitrogen and oxygen atoms in total. The number of thiazole rings is 1. The van der Waals surface area contributed by atoms with Gasteiger partial charge in [0.25, 0.3) is 5.91 Å². The molecule has 1 N–H and O–H groups in total. The van der Waals surface area contributed by atoms with Crippen molar-refractivity contribution in [2.45, 2.75) is 39.0 Å². The molecule has 144 valence electrons. The smallest absolute Gasteiger partial charge is 0.264 e. The first-order valence-corrected chi connectivity index (χ1v) is 10.7. The summed E-state index contributed by atoms with van der Waals surface area (Å²) in [5.74, 6) is 0.558. The quantitative estimate of drug-likeness (QED) is 0.596.